The summed E-state index contributed by atoms with van der Waals surface area (Å²) in [5.41, 5.74) is 0. The fraction of sp³-hybridized carbons (Fsp3) is 0.700. The van der Waals surface area contributed by atoms with Crippen LogP contribution in [0.5, 0.6) is 17.2 Å². The van der Waals surface area contributed by atoms with E-state index in [4.69, 9.17) is 28.4 Å². The monoisotopic (exact) mass is 462 g/mol. The van der Waals surface area contributed by atoms with Crippen molar-refractivity contribution < 1.29 is 59.1 Å². The lowest BCUT2D eigenvalue weighted by Gasteiger charge is -2.42. The van der Waals surface area contributed by atoms with E-state index in [0.29, 0.717) is 11.5 Å². The lowest BCUT2D eigenvalue weighted by molar-refractivity contribution is -0.318. The van der Waals surface area contributed by atoms with Crippen molar-refractivity contribution in [2.24, 2.45) is 0 Å². The molecule has 0 amide bonds. The van der Waals surface area contributed by atoms with Crippen molar-refractivity contribution in [3.63, 3.8) is 0 Å². The Morgan fingerprint density at radius 1 is 0.750 bits per heavy atom. The van der Waals surface area contributed by atoms with Gasteiger partial charge in [0.25, 0.3) is 0 Å². The Labute approximate surface area is 184 Å². The van der Waals surface area contributed by atoms with Crippen LogP contribution in [-0.2, 0) is 14.2 Å². The van der Waals surface area contributed by atoms with Crippen LogP contribution in [0.2, 0.25) is 0 Å². The van der Waals surface area contributed by atoms with Crippen molar-refractivity contribution in [1.29, 1.82) is 0 Å². The molecule has 0 unspecified atom stereocenters. The van der Waals surface area contributed by atoms with E-state index >= 15 is 0 Å². The van der Waals surface area contributed by atoms with Crippen molar-refractivity contribution in [2.45, 2.75) is 68.3 Å². The molecule has 0 radical (unpaired) electrons. The summed E-state index contributed by atoms with van der Waals surface area (Å²) in [4.78, 5) is 0. The van der Waals surface area contributed by atoms with Crippen LogP contribution in [0.4, 0.5) is 0 Å². The molecule has 0 aliphatic carbocycles. The fourth-order valence-electron chi connectivity index (χ4n) is 3.52. The predicted octanol–water partition coefficient (Wildman–Crippen LogP) is -2.27. The van der Waals surface area contributed by atoms with Crippen molar-refractivity contribution in [3.8, 4) is 17.2 Å². The second kappa shape index (κ2) is 10.5. The lowest BCUT2D eigenvalue weighted by atomic mass is 9.98. The minimum atomic E-state index is -1.62. The van der Waals surface area contributed by atoms with Gasteiger partial charge in [0.05, 0.1) is 26.9 Å². The number of aliphatic hydroxyl groups excluding tert-OH is 6. The van der Waals surface area contributed by atoms with Gasteiger partial charge in [-0.3, -0.25) is 0 Å². The van der Waals surface area contributed by atoms with Gasteiger partial charge in [-0.15, -0.1) is 0 Å². The topological polar surface area (TPSA) is 177 Å². The van der Waals surface area contributed by atoms with Crippen molar-refractivity contribution in [1.82, 2.24) is 0 Å². The summed E-state index contributed by atoms with van der Waals surface area (Å²) in [5, 5.41) is 60.5. The van der Waals surface area contributed by atoms with E-state index in [2.05, 4.69) is 0 Å². The van der Waals surface area contributed by atoms with E-state index in [1.807, 2.05) is 0 Å². The molecule has 2 aliphatic heterocycles. The number of hydrogen-bond donors (Lipinski definition) is 6. The molecule has 182 valence electrons. The molecular formula is C20H30O12. The highest BCUT2D eigenvalue weighted by atomic mass is 16.7. The third-order valence-corrected chi connectivity index (χ3v) is 5.51. The van der Waals surface area contributed by atoms with E-state index in [9.17, 15) is 30.6 Å². The minimum Gasteiger partial charge on any atom is -0.493 e. The third kappa shape index (κ3) is 5.09. The molecule has 1 aromatic carbocycles. The van der Waals surface area contributed by atoms with Crippen LogP contribution >= 0.6 is 0 Å². The van der Waals surface area contributed by atoms with E-state index in [1.165, 1.54) is 27.2 Å². The van der Waals surface area contributed by atoms with E-state index in [1.54, 1.807) is 12.1 Å². The molecule has 1 aromatic rings. The second-order valence-electron chi connectivity index (χ2n) is 7.66. The van der Waals surface area contributed by atoms with Gasteiger partial charge >= 0.3 is 0 Å². The quantitative estimate of drug-likeness (QED) is 0.257. The van der Waals surface area contributed by atoms with Crippen LogP contribution in [0.1, 0.15) is 6.92 Å². The number of benzene rings is 1. The zero-order valence-electron chi connectivity index (χ0n) is 17.8. The molecule has 0 spiro atoms. The number of aliphatic hydroxyl groups is 6. The van der Waals surface area contributed by atoms with Gasteiger partial charge in [-0.05, 0) is 19.1 Å². The first-order valence-corrected chi connectivity index (χ1v) is 10.1. The third-order valence-electron chi connectivity index (χ3n) is 5.51. The molecule has 0 aromatic heterocycles. The first-order chi connectivity index (χ1) is 15.2. The van der Waals surface area contributed by atoms with Gasteiger partial charge in [0.2, 0.25) is 6.29 Å². The number of methoxy groups -OCH3 is 2. The largest absolute Gasteiger partial charge is 0.493 e. The Morgan fingerprint density at radius 2 is 1.38 bits per heavy atom. The van der Waals surface area contributed by atoms with E-state index < -0.39 is 61.4 Å². The maximum Gasteiger partial charge on any atom is 0.229 e. The molecule has 12 heteroatoms. The maximum atomic E-state index is 10.3. The molecule has 0 bridgehead atoms. The van der Waals surface area contributed by atoms with Gasteiger partial charge in [-0.2, -0.15) is 0 Å². The van der Waals surface area contributed by atoms with Gasteiger partial charge in [0, 0.05) is 6.07 Å². The second-order valence-corrected chi connectivity index (χ2v) is 7.66. The Hall–Kier alpha value is -1.74. The predicted molar refractivity (Wildman–Crippen MR) is 105 cm³/mol. The van der Waals surface area contributed by atoms with Crippen LogP contribution < -0.4 is 14.2 Å². The molecule has 2 fully saturated rings. The maximum absolute atomic E-state index is 10.3. The van der Waals surface area contributed by atoms with E-state index in [-0.39, 0.29) is 12.4 Å². The van der Waals surface area contributed by atoms with Crippen LogP contribution in [0.3, 0.4) is 0 Å². The average molecular weight is 462 g/mol. The van der Waals surface area contributed by atoms with Crippen molar-refractivity contribution in [3.05, 3.63) is 18.2 Å². The molecule has 0 saturated carbocycles. The summed E-state index contributed by atoms with van der Waals surface area (Å²) in [6, 6.07) is 4.62. The fourth-order valence-corrected chi connectivity index (χ4v) is 3.52. The highest BCUT2D eigenvalue weighted by Gasteiger charge is 2.47. The summed E-state index contributed by atoms with van der Waals surface area (Å²) in [7, 11) is 2.92. The average Bonchev–Trinajstić information content (AvgIpc) is 2.79. The summed E-state index contributed by atoms with van der Waals surface area (Å²) in [5.74, 6) is 1.07. The van der Waals surface area contributed by atoms with Crippen molar-refractivity contribution >= 4 is 0 Å². The van der Waals surface area contributed by atoms with E-state index in [0.717, 1.165) is 0 Å². The highest BCUT2D eigenvalue weighted by molar-refractivity contribution is 5.45. The van der Waals surface area contributed by atoms with Gasteiger partial charge in [0.15, 0.2) is 17.8 Å². The molecule has 3 rings (SSSR count). The highest BCUT2D eigenvalue weighted by Crippen LogP contribution is 2.33. The summed E-state index contributed by atoms with van der Waals surface area (Å²) in [6.45, 7) is 1.11. The first kappa shape index (κ1) is 24.9. The first-order valence-electron chi connectivity index (χ1n) is 10.1. The van der Waals surface area contributed by atoms with Gasteiger partial charge in [-0.25, -0.2) is 0 Å². The van der Waals surface area contributed by atoms with Gasteiger partial charge in [0.1, 0.15) is 48.5 Å². The molecule has 2 aliphatic rings. The normalized spacial score (nSPS) is 40.0. The molecule has 32 heavy (non-hydrogen) atoms. The zero-order valence-corrected chi connectivity index (χ0v) is 17.8. The van der Waals surface area contributed by atoms with Gasteiger partial charge in [-0.1, -0.05) is 0 Å². The molecule has 12 nitrogen and oxygen atoms in total. The van der Waals surface area contributed by atoms with Crippen LogP contribution in [0.25, 0.3) is 0 Å². The van der Waals surface area contributed by atoms with Crippen LogP contribution in [0.15, 0.2) is 18.2 Å². The summed E-state index contributed by atoms with van der Waals surface area (Å²) < 4.78 is 32.3. The van der Waals surface area contributed by atoms with Crippen molar-refractivity contribution in [2.75, 3.05) is 20.8 Å². The summed E-state index contributed by atoms with van der Waals surface area (Å²) in [6.07, 6.45) is -13.7. The van der Waals surface area contributed by atoms with Gasteiger partial charge < -0.3 is 59.1 Å². The molecule has 6 N–H and O–H groups in total. The molecule has 2 saturated heterocycles. The Bertz CT molecular complexity index is 747. The molecule has 10 atom stereocenters. The SMILES string of the molecule is COc1ccc(O[C@@H]2O[C@@H](CO[C@@H]3O[C@H](C)[C@H](O)[C@@H](O)[C@H]3O)[C@@H](O)[C@@H](O)[C@@H]2O)cc1OC. The summed E-state index contributed by atoms with van der Waals surface area (Å²) >= 11 is 0. The Morgan fingerprint density at radius 3 is 2.03 bits per heavy atom. The number of rotatable bonds is 7. The zero-order chi connectivity index (χ0) is 23.6. The number of hydrogen-bond acceptors (Lipinski definition) is 12. The van der Waals surface area contributed by atoms with Crippen LogP contribution in [0, 0.1) is 0 Å². The standard InChI is InChI=1S/C20H30O12/c1-8-13(21)15(23)17(25)19(30-8)29-7-12-14(22)16(24)18(26)20(32-12)31-9-4-5-10(27-2)11(6-9)28-3/h4-6,8,12-26H,7H2,1-3H3/t8-,12+,13+,14-,15-,16-,17-,18+,19-,20-/m1/s1. The molecule has 2 heterocycles. The number of ether oxygens (including phenoxy) is 6. The Kier molecular flexibility index (Phi) is 8.14. The Balaban J connectivity index is 1.66. The molecular weight excluding hydrogens is 432 g/mol. The smallest absolute Gasteiger partial charge is 0.229 e. The van der Waals surface area contributed by atoms with Crippen LogP contribution in [-0.4, -0.2) is 113 Å². The minimum absolute atomic E-state index is 0.243. The lowest BCUT2D eigenvalue weighted by Crippen LogP contribution is -2.61.